The van der Waals surface area contributed by atoms with Crippen LogP contribution in [0.5, 0.6) is 0 Å². The van der Waals surface area contributed by atoms with Crippen LogP contribution in [0.3, 0.4) is 0 Å². The minimum Gasteiger partial charge on any atom is -0.459 e. The van der Waals surface area contributed by atoms with E-state index in [1.54, 1.807) is 88.4 Å². The number of hydrogen-bond donors (Lipinski definition) is 7. The van der Waals surface area contributed by atoms with E-state index in [1.165, 1.54) is 51.3 Å². The summed E-state index contributed by atoms with van der Waals surface area (Å²) in [6.45, 7) is 15.3. The molecule has 0 radical (unpaired) electrons. The van der Waals surface area contributed by atoms with Crippen LogP contribution >= 0.6 is 0 Å². The Balaban J connectivity index is 0.000000430. The van der Waals surface area contributed by atoms with Gasteiger partial charge in [0.1, 0.15) is 30.3 Å². The third-order valence-electron chi connectivity index (χ3n) is 13.5. The van der Waals surface area contributed by atoms with E-state index in [0.717, 1.165) is 0 Å². The van der Waals surface area contributed by atoms with E-state index in [4.69, 9.17) is 0 Å². The van der Waals surface area contributed by atoms with Crippen LogP contribution in [0.25, 0.3) is 0 Å². The lowest BCUT2D eigenvalue weighted by Gasteiger charge is -2.34. The van der Waals surface area contributed by atoms with Gasteiger partial charge in [-0.3, -0.25) is 43.2 Å². The monoisotopic (exact) mass is 1160 g/mol. The fourth-order valence-corrected chi connectivity index (χ4v) is 8.89. The molecule has 0 saturated carbocycles. The smallest absolute Gasteiger partial charge is 0.396 e. The highest BCUT2D eigenvalue weighted by Crippen LogP contribution is 2.28. The normalized spacial score (nSPS) is 17.1. The Kier molecular flexibility index (Phi) is 26.5. The molecule has 2 aromatic carbocycles. The summed E-state index contributed by atoms with van der Waals surface area (Å²) in [5.41, 5.74) is 1.14. The highest BCUT2D eigenvalue weighted by atomic mass is 19.3. The molecule has 454 valence electrons. The van der Waals surface area contributed by atoms with Gasteiger partial charge in [-0.2, -0.15) is 17.6 Å². The number of likely N-dealkylation sites (tertiary alicyclic amines) is 2. The Labute approximate surface area is 474 Å². The van der Waals surface area contributed by atoms with Crippen molar-refractivity contribution in [2.75, 3.05) is 26.3 Å². The summed E-state index contributed by atoms with van der Waals surface area (Å²) in [4.78, 5) is 141. The van der Waals surface area contributed by atoms with E-state index in [0.29, 0.717) is 24.0 Å². The summed E-state index contributed by atoms with van der Waals surface area (Å²) in [5.74, 6) is -23.8. The number of nitrogens with zero attached hydrogens (tertiary/aromatic N) is 2. The van der Waals surface area contributed by atoms with E-state index >= 15 is 8.78 Å². The standard InChI is InChI=1S/C28H40F2N4O7.C28H38F2N4O7/c2*1-6-41-26(39)24(37)33-21(17(4)5)25(38)34-14-10-13-19(34)23(36)32-20(16(2)3)22(35)28(29,30)27(40)31-15-18-11-8-7-9-12-18/h7-9,11-12,16-17,19-22,35H,6,10,13-15H2,1-5H3,(H,31,40)(H,32,36)(H,33,37);7-9,11-12,16-17,19-21H,6,10,13-15H2,1-5H3,(H,31,40)(H,32,36)(H,33,37)/t19?,20-,21-,22?;19?,20-,21-/m00/s1. The second kappa shape index (κ2) is 31.6. The molecule has 4 rings (SSSR count). The van der Waals surface area contributed by atoms with Crippen molar-refractivity contribution < 1.29 is 84.9 Å². The summed E-state index contributed by atoms with van der Waals surface area (Å²) in [6, 6.07) is 8.97. The summed E-state index contributed by atoms with van der Waals surface area (Å²) >= 11 is 0. The second-order valence-electron chi connectivity index (χ2n) is 21.1. The van der Waals surface area contributed by atoms with Crippen LogP contribution in [0.1, 0.15) is 106 Å². The number of ketones is 1. The molecule has 8 amide bonds. The third kappa shape index (κ3) is 18.8. The first-order chi connectivity index (χ1) is 38.4. The zero-order chi connectivity index (χ0) is 61.8. The Hall–Kier alpha value is -7.51. The molecule has 2 aromatic rings. The lowest BCUT2D eigenvalue weighted by Crippen LogP contribution is -2.61. The Morgan fingerprint density at radius 3 is 1.29 bits per heavy atom. The number of alkyl halides is 4. The predicted molar refractivity (Wildman–Crippen MR) is 287 cm³/mol. The summed E-state index contributed by atoms with van der Waals surface area (Å²) in [7, 11) is 0. The molecule has 2 saturated heterocycles. The molecule has 3 unspecified atom stereocenters. The molecule has 2 heterocycles. The molecule has 0 aliphatic carbocycles. The largest absolute Gasteiger partial charge is 0.459 e. The molecular weight excluding hydrogens is 1080 g/mol. The van der Waals surface area contributed by atoms with Gasteiger partial charge in [0.05, 0.1) is 25.3 Å². The maximum Gasteiger partial charge on any atom is 0.396 e. The number of ether oxygens (including phenoxy) is 2. The Morgan fingerprint density at radius 1 is 0.549 bits per heavy atom. The van der Waals surface area contributed by atoms with Crippen LogP contribution in [0.2, 0.25) is 0 Å². The Bertz CT molecular complexity index is 2560. The average molecular weight is 1160 g/mol. The SMILES string of the molecule is CCOC(=O)C(=O)N[C@H](C(=O)N1CCCC1C(=O)N[C@@H](C(C)C)C(O)C(F)(F)C(=O)NCc1ccccc1)C(C)C.CCOC(=O)C(=O)N[C@H](C(=O)N1CCCC1C(=O)N[C@H](C(=O)C(F)(F)C(=O)NCc1ccccc1)C(C)C)C(C)C. The molecule has 7 N–H and O–H groups in total. The number of carbonyl (C=O) groups excluding carboxylic acids is 11. The van der Waals surface area contributed by atoms with Crippen molar-refractivity contribution >= 4 is 65.0 Å². The van der Waals surface area contributed by atoms with Crippen molar-refractivity contribution in [2.24, 2.45) is 23.7 Å². The fraction of sp³-hybridized carbons (Fsp3) is 0.589. The van der Waals surface area contributed by atoms with Crippen molar-refractivity contribution in [3.05, 3.63) is 71.8 Å². The average Bonchev–Trinajstić information content (AvgIpc) is 4.22. The number of benzene rings is 2. The number of aliphatic hydroxyl groups excluding tert-OH is 1. The van der Waals surface area contributed by atoms with Crippen LogP contribution in [0.15, 0.2) is 60.7 Å². The van der Waals surface area contributed by atoms with Crippen LogP contribution in [-0.4, -0.2) is 160 Å². The van der Waals surface area contributed by atoms with Gasteiger partial charge in [-0.1, -0.05) is 116 Å². The zero-order valence-corrected chi connectivity index (χ0v) is 47.9. The van der Waals surface area contributed by atoms with Crippen molar-refractivity contribution in [1.82, 2.24) is 41.7 Å². The van der Waals surface area contributed by atoms with Gasteiger partial charge in [-0.15, -0.1) is 0 Å². The van der Waals surface area contributed by atoms with Crippen LogP contribution in [0, 0.1) is 23.7 Å². The number of halogens is 4. The maximum absolute atomic E-state index is 15.0. The summed E-state index contributed by atoms with van der Waals surface area (Å²) in [6.07, 6.45) is -1.34. The minimum absolute atomic E-state index is 0.0302. The van der Waals surface area contributed by atoms with E-state index < -0.39 is 143 Å². The maximum atomic E-state index is 15.0. The van der Waals surface area contributed by atoms with Crippen LogP contribution < -0.4 is 31.9 Å². The predicted octanol–water partition coefficient (Wildman–Crippen LogP) is 2.48. The number of nitrogens with one attached hydrogen (secondary N) is 6. The highest BCUT2D eigenvalue weighted by molar-refractivity contribution is 6.33. The quantitative estimate of drug-likeness (QED) is 0.0344. The van der Waals surface area contributed by atoms with E-state index in [2.05, 4.69) is 41.4 Å². The van der Waals surface area contributed by atoms with Crippen molar-refractivity contribution in [3.63, 3.8) is 0 Å². The number of Topliss-reactive ketones (excluding diaryl/α,β-unsaturated/α-hetero) is 1. The van der Waals surface area contributed by atoms with Gasteiger partial charge < -0.3 is 56.3 Å². The second-order valence-corrected chi connectivity index (χ2v) is 21.1. The van der Waals surface area contributed by atoms with Gasteiger partial charge in [-0.05, 0) is 74.3 Å². The minimum atomic E-state index is -4.43. The number of rotatable bonds is 24. The number of hydrogen-bond acceptors (Lipinski definition) is 14. The molecule has 0 bridgehead atoms. The molecule has 0 aromatic heterocycles. The lowest BCUT2D eigenvalue weighted by atomic mass is 9.93. The molecule has 2 aliphatic heterocycles. The van der Waals surface area contributed by atoms with Gasteiger partial charge >= 0.3 is 35.6 Å². The van der Waals surface area contributed by atoms with Gasteiger partial charge in [0, 0.05) is 26.2 Å². The Morgan fingerprint density at radius 2 is 0.927 bits per heavy atom. The summed E-state index contributed by atoms with van der Waals surface area (Å²) in [5, 5.41) is 24.2. The first-order valence-electron chi connectivity index (χ1n) is 27.2. The van der Waals surface area contributed by atoms with E-state index in [9.17, 15) is 66.6 Å². The number of esters is 2. The topological polar surface area (TPSA) is 305 Å². The first kappa shape index (κ1) is 68.8. The molecule has 0 spiro atoms. The van der Waals surface area contributed by atoms with Crippen molar-refractivity contribution in [3.8, 4) is 0 Å². The highest BCUT2D eigenvalue weighted by Gasteiger charge is 2.53. The number of aliphatic hydroxyl groups is 1. The fourth-order valence-electron chi connectivity index (χ4n) is 8.89. The number of carbonyl (C=O) groups is 11. The third-order valence-corrected chi connectivity index (χ3v) is 13.5. The van der Waals surface area contributed by atoms with E-state index in [-0.39, 0.29) is 52.2 Å². The first-order valence-corrected chi connectivity index (χ1v) is 27.2. The molecule has 82 heavy (non-hydrogen) atoms. The van der Waals surface area contributed by atoms with Crippen molar-refractivity contribution in [1.29, 1.82) is 0 Å². The van der Waals surface area contributed by atoms with Crippen LogP contribution in [-0.2, 0) is 75.3 Å². The molecule has 26 heteroatoms. The lowest BCUT2D eigenvalue weighted by molar-refractivity contribution is -0.170. The molecule has 2 fully saturated rings. The molecule has 22 nitrogen and oxygen atoms in total. The van der Waals surface area contributed by atoms with Gasteiger partial charge in [-0.25, -0.2) is 9.59 Å². The van der Waals surface area contributed by atoms with E-state index in [1.807, 2.05) is 0 Å². The molecular formula is C56H78F4N8O14. The molecule has 2 aliphatic rings. The van der Waals surface area contributed by atoms with Gasteiger partial charge in [0.2, 0.25) is 29.4 Å². The van der Waals surface area contributed by atoms with Crippen molar-refractivity contribution in [2.45, 2.75) is 162 Å². The van der Waals surface area contributed by atoms with Crippen LogP contribution in [0.4, 0.5) is 17.6 Å². The summed E-state index contributed by atoms with van der Waals surface area (Å²) < 4.78 is 69.3. The zero-order valence-electron chi connectivity index (χ0n) is 47.9. The number of amides is 8. The van der Waals surface area contributed by atoms with Gasteiger partial charge in [0.15, 0.2) is 0 Å². The molecule has 7 atom stereocenters. The van der Waals surface area contributed by atoms with Gasteiger partial charge in [0.25, 0.3) is 11.8 Å².